The number of aliphatic carboxylic acids is 1. The minimum absolute atomic E-state index is 0.0298. The highest BCUT2D eigenvalue weighted by Gasteiger charge is 2.35. The van der Waals surface area contributed by atoms with Gasteiger partial charge in [0.2, 0.25) is 41.4 Å². The highest BCUT2D eigenvalue weighted by atomic mass is 79.9. The van der Waals surface area contributed by atoms with Crippen molar-refractivity contribution >= 4 is 117 Å². The van der Waals surface area contributed by atoms with Gasteiger partial charge in [0.15, 0.2) is 11.9 Å². The average molecular weight is 1180 g/mol. The standard InChI is InChI=1S/C47H70BrN17O10S2/c1-24(59-43(72)35(22-76)64-38(67)29(49)12-7-15-55-45(50)51)37(66)60-31(14-8-16-56-46(52)53)39(68)61-32(17-25-9-3-2-4-10-25)40(69)63-34(19-27(48)21-58-47(54)75)42(71)62-33(41(70)65-36(23-77)44(73)74)18-26-20-57-30-13-6-5-11-28(26)30/h2-6,9-11,13,20,24,27,29,31-36,57,76-77H,7-8,12,14-19,21-23,49H2,1H3,(H,59,72)(H,60,66)(H,61,68)(H,62,71)(H,63,69)(H,64,67)(H,65,70)(H,73,74)(H4,50,51,55)(H4,52,53,56)(H3,54,58,75)/t24-,27?,29+,31+,32-,33-,34+,35+,36+/m1/s1. The lowest BCUT2D eigenvalue weighted by molar-refractivity contribution is -0.141. The summed E-state index contributed by atoms with van der Waals surface area (Å²) in [4.78, 5) is 131. The first-order valence-corrected chi connectivity index (χ1v) is 26.4. The molecular formula is C47H70BrN17O10S2. The molecule has 0 saturated heterocycles. The van der Waals surface area contributed by atoms with Crippen molar-refractivity contribution in [2.75, 3.05) is 31.1 Å². The number of amides is 9. The molecule has 0 aliphatic rings. The summed E-state index contributed by atoms with van der Waals surface area (Å²) in [5.74, 6) is -8.05. The molecule has 0 aliphatic heterocycles. The van der Waals surface area contributed by atoms with Gasteiger partial charge < -0.3 is 87.0 Å². The first-order valence-electron chi connectivity index (χ1n) is 24.2. The van der Waals surface area contributed by atoms with Crippen LogP contribution in [0.2, 0.25) is 0 Å². The molecule has 9 amide bonds. The van der Waals surface area contributed by atoms with E-state index in [1.54, 1.807) is 60.8 Å². The third kappa shape index (κ3) is 22.8. The van der Waals surface area contributed by atoms with Crippen molar-refractivity contribution in [2.45, 2.75) is 105 Å². The topological polar surface area (TPSA) is 467 Å². The van der Waals surface area contributed by atoms with Gasteiger partial charge in [-0.25, -0.2) is 9.59 Å². The summed E-state index contributed by atoms with van der Waals surface area (Å²) >= 11 is 11.7. The van der Waals surface area contributed by atoms with E-state index >= 15 is 0 Å². The zero-order chi connectivity index (χ0) is 57.2. The number of para-hydroxylation sites is 1. The predicted octanol–water partition coefficient (Wildman–Crippen LogP) is -3.43. The molecule has 22 N–H and O–H groups in total. The second-order valence-electron chi connectivity index (χ2n) is 17.6. The predicted molar refractivity (Wildman–Crippen MR) is 299 cm³/mol. The maximum atomic E-state index is 14.6. The van der Waals surface area contributed by atoms with Crippen LogP contribution in [0.15, 0.2) is 70.8 Å². The van der Waals surface area contributed by atoms with Crippen molar-refractivity contribution in [2.24, 2.45) is 44.4 Å². The van der Waals surface area contributed by atoms with Crippen molar-refractivity contribution in [1.82, 2.24) is 47.5 Å². The number of nitrogens with two attached hydrogens (primary N) is 6. The molecule has 0 radical (unpaired) electrons. The van der Waals surface area contributed by atoms with E-state index in [-0.39, 0.29) is 81.6 Å². The maximum Gasteiger partial charge on any atom is 0.327 e. The van der Waals surface area contributed by atoms with Crippen LogP contribution in [0.1, 0.15) is 50.2 Å². The highest BCUT2D eigenvalue weighted by Crippen LogP contribution is 2.20. The third-order valence-electron chi connectivity index (χ3n) is 11.5. The summed E-state index contributed by atoms with van der Waals surface area (Å²) in [6.45, 7) is 1.47. The first-order chi connectivity index (χ1) is 36.5. The largest absolute Gasteiger partial charge is 0.480 e. The molecule has 77 heavy (non-hydrogen) atoms. The number of alkyl halides is 1. The van der Waals surface area contributed by atoms with Gasteiger partial charge in [0.05, 0.1) is 6.04 Å². The lowest BCUT2D eigenvalue weighted by atomic mass is 10.0. The Labute approximate surface area is 463 Å². The Kier molecular flexibility index (Phi) is 27.4. The number of carbonyl (C=O) groups is 9. The summed E-state index contributed by atoms with van der Waals surface area (Å²) in [7, 11) is 0. The Morgan fingerprint density at radius 3 is 1.69 bits per heavy atom. The van der Waals surface area contributed by atoms with Gasteiger partial charge in [-0.1, -0.05) is 64.5 Å². The molecule has 0 bridgehead atoms. The number of nitrogens with one attached hydrogen (secondary N) is 9. The summed E-state index contributed by atoms with van der Waals surface area (Å²) in [5.41, 5.74) is 34.9. The molecule has 0 fully saturated rings. The fourth-order valence-corrected chi connectivity index (χ4v) is 8.46. The zero-order valence-electron chi connectivity index (χ0n) is 42.2. The van der Waals surface area contributed by atoms with Crippen LogP contribution in [0.4, 0.5) is 4.79 Å². The van der Waals surface area contributed by atoms with E-state index in [0.717, 1.165) is 5.52 Å². The van der Waals surface area contributed by atoms with E-state index < -0.39 is 107 Å². The van der Waals surface area contributed by atoms with Crippen molar-refractivity contribution in [3.63, 3.8) is 0 Å². The number of rotatable bonds is 33. The van der Waals surface area contributed by atoms with E-state index in [4.69, 9.17) is 34.4 Å². The summed E-state index contributed by atoms with van der Waals surface area (Å²) in [5, 5.41) is 30.9. The first kappa shape index (κ1) is 64.0. The number of halogens is 1. The lowest BCUT2D eigenvalue weighted by Gasteiger charge is -2.28. The molecule has 2 aromatic carbocycles. The minimum atomic E-state index is -1.51. The SMILES string of the molecule is C[C@@H](NC(=O)[C@H](CS)NC(=O)[C@@H](N)CCCN=C(N)N)C(=O)N[C@@H](CCCN=C(N)N)C(=O)N[C@H](Cc1ccccc1)C(=O)N[C@@H](CC(Br)CNC(N)=O)C(=O)N[C@H](Cc1c[nH]c2ccccc12)C(=O)N[C@@H](CS)C(=O)O. The van der Waals surface area contributed by atoms with E-state index in [0.29, 0.717) is 22.9 Å². The second kappa shape index (κ2) is 33.0. The van der Waals surface area contributed by atoms with Crippen molar-refractivity contribution in [3.8, 4) is 0 Å². The van der Waals surface area contributed by atoms with Gasteiger partial charge >= 0.3 is 12.0 Å². The number of carbonyl (C=O) groups excluding carboxylic acids is 8. The molecule has 0 saturated carbocycles. The van der Waals surface area contributed by atoms with Crippen molar-refractivity contribution < 1.29 is 48.3 Å². The quantitative estimate of drug-likeness (QED) is 0.00928. The number of carboxylic acid groups (broad SMARTS) is 1. The van der Waals surface area contributed by atoms with Crippen LogP contribution >= 0.6 is 41.2 Å². The van der Waals surface area contributed by atoms with Gasteiger partial charge in [-0.3, -0.25) is 43.5 Å². The molecule has 0 aliphatic carbocycles. The molecule has 3 rings (SSSR count). The number of nitrogens with zero attached hydrogens (tertiary/aromatic N) is 2. The fourth-order valence-electron chi connectivity index (χ4n) is 7.42. The zero-order valence-corrected chi connectivity index (χ0v) is 45.6. The number of urea groups is 1. The van der Waals surface area contributed by atoms with Gasteiger partial charge in [-0.05, 0) is 56.2 Å². The summed E-state index contributed by atoms with van der Waals surface area (Å²) in [6.07, 6.45) is 1.71. The van der Waals surface area contributed by atoms with Gasteiger partial charge in [-0.2, -0.15) is 25.3 Å². The normalized spacial score (nSPS) is 14.5. The Bertz CT molecular complexity index is 2550. The van der Waals surface area contributed by atoms with E-state index in [9.17, 15) is 48.3 Å². The van der Waals surface area contributed by atoms with Crippen LogP contribution in [-0.2, 0) is 51.2 Å². The third-order valence-corrected chi connectivity index (χ3v) is 12.9. The van der Waals surface area contributed by atoms with Crippen molar-refractivity contribution in [3.05, 3.63) is 71.9 Å². The molecule has 9 atom stereocenters. The minimum Gasteiger partial charge on any atom is -0.480 e. The monoisotopic (exact) mass is 1180 g/mol. The summed E-state index contributed by atoms with van der Waals surface area (Å²) in [6, 6.07) is 4.02. The van der Waals surface area contributed by atoms with Gasteiger partial charge in [-0.15, -0.1) is 0 Å². The highest BCUT2D eigenvalue weighted by molar-refractivity contribution is 9.09. The Balaban J connectivity index is 1.94. The summed E-state index contributed by atoms with van der Waals surface area (Å²) < 4.78 is 0. The lowest BCUT2D eigenvalue weighted by Crippen LogP contribution is -2.60. The van der Waals surface area contributed by atoms with Crippen molar-refractivity contribution in [1.29, 1.82) is 0 Å². The Morgan fingerprint density at radius 1 is 0.610 bits per heavy atom. The van der Waals surface area contributed by atoms with Crippen LogP contribution in [0.5, 0.6) is 0 Å². The molecule has 1 aromatic heterocycles. The number of hydrogen-bond donors (Lipinski definition) is 18. The van der Waals surface area contributed by atoms with Crippen LogP contribution in [0, 0.1) is 0 Å². The number of thiol groups is 2. The second-order valence-corrected chi connectivity index (χ2v) is 19.7. The number of fused-ring (bicyclic) bond motifs is 1. The number of aromatic amines is 1. The Hall–Kier alpha value is -7.31. The average Bonchev–Trinajstić information content (AvgIpc) is 3.79. The van der Waals surface area contributed by atoms with Crippen LogP contribution < -0.4 is 76.9 Å². The molecule has 0 spiro atoms. The van der Waals surface area contributed by atoms with E-state index in [1.807, 2.05) is 0 Å². The number of benzene rings is 2. The van der Waals surface area contributed by atoms with Crippen LogP contribution in [0.3, 0.4) is 0 Å². The number of aromatic nitrogens is 1. The van der Waals surface area contributed by atoms with E-state index in [1.165, 1.54) is 6.92 Å². The smallest absolute Gasteiger partial charge is 0.327 e. The maximum absolute atomic E-state index is 14.6. The molecule has 1 heterocycles. The number of hydrogen-bond acceptors (Lipinski definition) is 14. The molecule has 27 nitrogen and oxygen atoms in total. The van der Waals surface area contributed by atoms with Crippen LogP contribution in [-0.4, -0.2) is 160 Å². The molecule has 422 valence electrons. The van der Waals surface area contributed by atoms with Crippen LogP contribution in [0.25, 0.3) is 10.9 Å². The number of guanidine groups is 2. The fraction of sp³-hybridized carbons (Fsp3) is 0.468. The number of carboxylic acids is 1. The Morgan fingerprint density at radius 2 is 1.10 bits per heavy atom. The number of aliphatic imine (C=N–C) groups is 2. The van der Waals surface area contributed by atoms with Gasteiger partial charge in [0, 0.05) is 65.9 Å². The number of H-pyrrole nitrogens is 1. The molecular weight excluding hydrogens is 1110 g/mol. The van der Waals surface area contributed by atoms with Gasteiger partial charge in [0.25, 0.3) is 0 Å². The molecule has 3 aromatic rings. The molecule has 1 unspecified atom stereocenters. The molecule has 30 heteroatoms. The number of primary amides is 1. The van der Waals surface area contributed by atoms with E-state index in [2.05, 4.69) is 98.7 Å². The van der Waals surface area contributed by atoms with Gasteiger partial charge in [0.1, 0.15) is 42.3 Å².